The Bertz CT molecular complexity index is 633. The fraction of sp³-hybridized carbons (Fsp3) is 0.400. The molecule has 2 rings (SSSR count). The number of thiophene rings is 1. The summed E-state index contributed by atoms with van der Waals surface area (Å²) in [4.78, 5) is 24.8. The molecule has 1 N–H and O–H groups in total. The van der Waals surface area contributed by atoms with Crippen LogP contribution in [0.25, 0.3) is 0 Å². The van der Waals surface area contributed by atoms with Crippen LogP contribution in [0.1, 0.15) is 26.7 Å². The number of carbonyl (C=O) groups excluding carboxylic acids is 2. The van der Waals surface area contributed by atoms with Gasteiger partial charge in [0.1, 0.15) is 11.3 Å². The lowest BCUT2D eigenvalue weighted by molar-refractivity contribution is -0.124. The molecule has 0 atom stereocenters. The Morgan fingerprint density at radius 2 is 2.26 bits per heavy atom. The number of rotatable bonds is 8. The van der Waals surface area contributed by atoms with Gasteiger partial charge in [-0.1, -0.05) is 11.2 Å². The lowest BCUT2D eigenvalue weighted by Gasteiger charge is -2.06. The van der Waals surface area contributed by atoms with Crippen LogP contribution in [0.15, 0.2) is 22.0 Å². The van der Waals surface area contributed by atoms with E-state index in [0.29, 0.717) is 18.0 Å². The maximum atomic E-state index is 11.9. The van der Waals surface area contributed by atoms with Crippen molar-refractivity contribution < 1.29 is 18.8 Å². The summed E-state index contributed by atoms with van der Waals surface area (Å²) >= 11 is 3.47. The predicted octanol–water partition coefficient (Wildman–Crippen LogP) is 2.56. The van der Waals surface area contributed by atoms with Crippen molar-refractivity contribution in [2.45, 2.75) is 19.6 Å². The van der Waals surface area contributed by atoms with Crippen molar-refractivity contribution >= 4 is 35.0 Å². The summed E-state index contributed by atoms with van der Waals surface area (Å²) in [5.74, 6) is 1.22. The lowest BCUT2D eigenvalue weighted by atomic mass is 10.2. The Balaban J connectivity index is 1.60. The van der Waals surface area contributed by atoms with Crippen LogP contribution in [0, 0.1) is 13.8 Å². The molecule has 0 radical (unpaired) electrons. The van der Waals surface area contributed by atoms with Gasteiger partial charge in [-0.05, 0) is 25.3 Å². The van der Waals surface area contributed by atoms with Gasteiger partial charge in [-0.15, -0.1) is 11.3 Å². The van der Waals surface area contributed by atoms with Gasteiger partial charge in [0, 0.05) is 22.9 Å². The van der Waals surface area contributed by atoms with E-state index < -0.39 is 5.97 Å². The van der Waals surface area contributed by atoms with Crippen molar-refractivity contribution in [2.75, 3.05) is 18.9 Å². The van der Waals surface area contributed by atoms with Gasteiger partial charge in [0.2, 0.25) is 0 Å². The topological polar surface area (TPSA) is 81.4 Å². The predicted molar refractivity (Wildman–Crippen MR) is 89.8 cm³/mol. The molecule has 0 aromatic carbocycles. The summed E-state index contributed by atoms with van der Waals surface area (Å²) in [7, 11) is 0. The molecule has 0 saturated carbocycles. The highest BCUT2D eigenvalue weighted by Gasteiger charge is 2.19. The molecule has 2 heterocycles. The number of nitrogens with zero attached hydrogens (tertiary/aromatic N) is 1. The zero-order valence-electron chi connectivity index (χ0n) is 13.0. The number of hydrogen-bond donors (Lipinski definition) is 1. The van der Waals surface area contributed by atoms with E-state index in [9.17, 15) is 9.59 Å². The van der Waals surface area contributed by atoms with Gasteiger partial charge in [0.25, 0.3) is 5.91 Å². The highest BCUT2D eigenvalue weighted by Crippen LogP contribution is 2.16. The molecule has 0 saturated heterocycles. The quantitative estimate of drug-likeness (QED) is 0.580. The zero-order valence-corrected chi connectivity index (χ0v) is 14.6. The highest BCUT2D eigenvalue weighted by molar-refractivity contribution is 7.98. The molecule has 124 valence electrons. The Hall–Kier alpha value is -1.80. The van der Waals surface area contributed by atoms with Crippen LogP contribution >= 0.6 is 23.1 Å². The third-order valence-electron chi connectivity index (χ3n) is 2.96. The number of carbonyl (C=O) groups is 2. The summed E-state index contributed by atoms with van der Waals surface area (Å²) in [6, 6.07) is 4.11. The second-order valence-electron chi connectivity index (χ2n) is 4.76. The first kappa shape index (κ1) is 17.6. The van der Waals surface area contributed by atoms with E-state index in [-0.39, 0.29) is 18.1 Å². The zero-order chi connectivity index (χ0) is 16.7. The van der Waals surface area contributed by atoms with E-state index in [4.69, 9.17) is 9.26 Å². The summed E-state index contributed by atoms with van der Waals surface area (Å²) in [5.41, 5.74) is 0.738. The smallest absolute Gasteiger partial charge is 0.344 e. The number of ether oxygens (including phenoxy) is 1. The van der Waals surface area contributed by atoms with Crippen molar-refractivity contribution in [2.24, 2.45) is 0 Å². The summed E-state index contributed by atoms with van der Waals surface area (Å²) in [5, 5.41) is 8.44. The Morgan fingerprint density at radius 3 is 2.91 bits per heavy atom. The van der Waals surface area contributed by atoms with E-state index in [1.165, 1.54) is 4.88 Å². The Labute approximate surface area is 142 Å². The largest absolute Gasteiger partial charge is 0.452 e. The summed E-state index contributed by atoms with van der Waals surface area (Å²) in [6.45, 7) is 3.51. The fourth-order valence-electron chi connectivity index (χ4n) is 1.86. The molecular weight excluding hydrogens is 336 g/mol. The van der Waals surface area contributed by atoms with Crippen LogP contribution in [0.4, 0.5) is 0 Å². The first-order valence-corrected chi connectivity index (χ1v) is 9.08. The van der Waals surface area contributed by atoms with Crippen LogP contribution in [0.3, 0.4) is 0 Å². The fourth-order valence-corrected chi connectivity index (χ4v) is 3.56. The molecule has 0 unspecified atom stereocenters. The second kappa shape index (κ2) is 8.73. The summed E-state index contributed by atoms with van der Waals surface area (Å²) < 4.78 is 9.86. The molecule has 0 bridgehead atoms. The van der Waals surface area contributed by atoms with Crippen molar-refractivity contribution in [3.8, 4) is 0 Å². The van der Waals surface area contributed by atoms with Crippen molar-refractivity contribution in [3.05, 3.63) is 39.4 Å². The normalized spacial score (nSPS) is 10.5. The van der Waals surface area contributed by atoms with Crippen molar-refractivity contribution in [1.82, 2.24) is 10.5 Å². The van der Waals surface area contributed by atoms with E-state index >= 15 is 0 Å². The minimum absolute atomic E-state index is 0.282. The minimum atomic E-state index is -0.594. The van der Waals surface area contributed by atoms with Crippen LogP contribution in [0.5, 0.6) is 0 Å². The van der Waals surface area contributed by atoms with Gasteiger partial charge >= 0.3 is 5.97 Å². The SMILES string of the molecule is Cc1noc(C)c1C(=O)OCC(=O)NCCSCc1cccs1. The average molecular weight is 354 g/mol. The molecule has 0 aliphatic rings. The molecule has 2 aromatic heterocycles. The van der Waals surface area contributed by atoms with Gasteiger partial charge < -0.3 is 14.6 Å². The van der Waals surface area contributed by atoms with E-state index in [0.717, 1.165) is 11.5 Å². The highest BCUT2D eigenvalue weighted by atomic mass is 32.2. The van der Waals surface area contributed by atoms with Gasteiger partial charge in [0.05, 0.1) is 5.69 Å². The molecule has 0 aliphatic carbocycles. The van der Waals surface area contributed by atoms with Gasteiger partial charge in [-0.3, -0.25) is 4.79 Å². The number of amides is 1. The third kappa shape index (κ3) is 5.40. The van der Waals surface area contributed by atoms with Crippen molar-refractivity contribution in [3.63, 3.8) is 0 Å². The van der Waals surface area contributed by atoms with Crippen molar-refractivity contribution in [1.29, 1.82) is 0 Å². The molecule has 8 heteroatoms. The van der Waals surface area contributed by atoms with Crippen LogP contribution < -0.4 is 5.32 Å². The first-order chi connectivity index (χ1) is 11.1. The first-order valence-electron chi connectivity index (χ1n) is 7.04. The monoisotopic (exact) mass is 354 g/mol. The molecule has 23 heavy (non-hydrogen) atoms. The maximum absolute atomic E-state index is 11.9. The van der Waals surface area contributed by atoms with E-state index in [2.05, 4.69) is 16.5 Å². The number of aryl methyl sites for hydroxylation is 2. The molecule has 6 nitrogen and oxygen atoms in total. The average Bonchev–Trinajstić information content (AvgIpc) is 3.15. The number of nitrogens with one attached hydrogen (secondary N) is 1. The number of thioether (sulfide) groups is 1. The van der Waals surface area contributed by atoms with Crippen LogP contribution in [0.2, 0.25) is 0 Å². The second-order valence-corrected chi connectivity index (χ2v) is 6.89. The molecule has 0 aliphatic heterocycles. The Morgan fingerprint density at radius 1 is 1.43 bits per heavy atom. The standard InChI is InChI=1S/C15H18N2O4S2/c1-10-14(11(2)21-17-10)15(19)20-8-13(18)16-5-7-22-9-12-4-3-6-23-12/h3-4,6H,5,7-9H2,1-2H3,(H,16,18). The van der Waals surface area contributed by atoms with Gasteiger partial charge in [0.15, 0.2) is 6.61 Å². The minimum Gasteiger partial charge on any atom is -0.452 e. The number of hydrogen-bond acceptors (Lipinski definition) is 7. The van der Waals surface area contributed by atoms with Gasteiger partial charge in [-0.25, -0.2) is 4.79 Å². The molecule has 0 spiro atoms. The van der Waals surface area contributed by atoms with E-state index in [1.807, 2.05) is 11.4 Å². The molecule has 0 fully saturated rings. The lowest BCUT2D eigenvalue weighted by Crippen LogP contribution is -2.30. The van der Waals surface area contributed by atoms with Gasteiger partial charge in [-0.2, -0.15) is 11.8 Å². The van der Waals surface area contributed by atoms with E-state index in [1.54, 1.807) is 36.9 Å². The number of esters is 1. The molecule has 2 aromatic rings. The van der Waals surface area contributed by atoms with Crippen LogP contribution in [-0.2, 0) is 15.3 Å². The molecule has 1 amide bonds. The Kier molecular flexibility index (Phi) is 6.66. The molecular formula is C15H18N2O4S2. The summed E-state index contributed by atoms with van der Waals surface area (Å²) in [6.07, 6.45) is 0. The maximum Gasteiger partial charge on any atom is 0.344 e. The van der Waals surface area contributed by atoms with Crippen LogP contribution in [-0.4, -0.2) is 35.9 Å². The third-order valence-corrected chi connectivity index (χ3v) is 5.03. The number of aromatic nitrogens is 1.